The summed E-state index contributed by atoms with van der Waals surface area (Å²) >= 11 is 0. The van der Waals surface area contributed by atoms with Crippen LogP contribution in [0.5, 0.6) is 5.75 Å². The van der Waals surface area contributed by atoms with Crippen molar-refractivity contribution >= 4 is 23.6 Å². The maximum atomic E-state index is 12.2. The Labute approximate surface area is 223 Å². The largest absolute Gasteiger partial charge is 0.488 e. The minimum absolute atomic E-state index is 0.0323. The number of rotatable bonds is 6. The van der Waals surface area contributed by atoms with E-state index in [1.54, 1.807) is 11.9 Å². The average Bonchev–Trinajstić information content (AvgIpc) is 2.78. The summed E-state index contributed by atoms with van der Waals surface area (Å²) in [6.45, 7) is 9.56. The number of hydrogen-bond acceptors (Lipinski definition) is 8. The zero-order valence-electron chi connectivity index (χ0n) is 23.1. The number of ether oxygens (including phenoxy) is 2. The number of alkyl carbamates (subject to hydrolysis) is 1. The fourth-order valence-corrected chi connectivity index (χ4v) is 5.59. The Morgan fingerprint density at radius 3 is 2.50 bits per heavy atom. The normalized spacial score (nSPS) is 20.1. The Bertz CT molecular complexity index is 1210. The lowest BCUT2D eigenvalue weighted by Crippen LogP contribution is -2.42. The van der Waals surface area contributed by atoms with Gasteiger partial charge in [-0.15, -0.1) is 0 Å². The van der Waals surface area contributed by atoms with E-state index >= 15 is 0 Å². The number of benzene rings is 1. The molecule has 1 saturated carbocycles. The van der Waals surface area contributed by atoms with Crippen LogP contribution in [0.3, 0.4) is 0 Å². The van der Waals surface area contributed by atoms with Crippen molar-refractivity contribution in [2.45, 2.75) is 89.9 Å². The van der Waals surface area contributed by atoms with Crippen molar-refractivity contribution < 1.29 is 24.2 Å². The maximum Gasteiger partial charge on any atom is 0.407 e. The molecule has 1 aromatic heterocycles. The predicted octanol–water partition coefficient (Wildman–Crippen LogP) is 4.30. The summed E-state index contributed by atoms with van der Waals surface area (Å²) in [6.07, 6.45) is 4.71. The first-order chi connectivity index (χ1) is 17.7. The summed E-state index contributed by atoms with van der Waals surface area (Å²) < 4.78 is 11.9. The lowest BCUT2D eigenvalue weighted by molar-refractivity contribution is -0.135. The van der Waals surface area contributed by atoms with Crippen molar-refractivity contribution in [3.05, 3.63) is 29.6 Å². The highest BCUT2D eigenvalue weighted by molar-refractivity contribution is 5.85. The van der Waals surface area contributed by atoms with E-state index in [0.29, 0.717) is 18.0 Å². The summed E-state index contributed by atoms with van der Waals surface area (Å²) in [4.78, 5) is 34.4. The molecule has 4 N–H and O–H groups in total. The molecule has 206 valence electrons. The van der Waals surface area contributed by atoms with Crippen LogP contribution in [0.4, 0.5) is 16.3 Å². The number of nitrogen functional groups attached to an aromatic ring is 1. The van der Waals surface area contributed by atoms with Gasteiger partial charge in [-0.05, 0) is 76.0 Å². The number of nitrogens with one attached hydrogen (secondary N) is 1. The number of fused-ring (bicyclic) bond motifs is 3. The molecule has 1 fully saturated rings. The second-order valence-corrected chi connectivity index (χ2v) is 12.0. The molecular weight excluding hydrogens is 486 g/mol. The molecule has 0 radical (unpaired) electrons. The number of hydrogen-bond donors (Lipinski definition) is 3. The van der Waals surface area contributed by atoms with Crippen LogP contribution in [0, 0.1) is 0 Å². The number of anilines is 2. The number of carboxylic acids is 1. The Morgan fingerprint density at radius 2 is 1.87 bits per heavy atom. The number of aromatic nitrogens is 2. The molecular formula is C28H39N5O5. The van der Waals surface area contributed by atoms with Gasteiger partial charge in [0.25, 0.3) is 0 Å². The van der Waals surface area contributed by atoms with Gasteiger partial charge in [0.1, 0.15) is 30.0 Å². The molecule has 0 atom stereocenters. The minimum Gasteiger partial charge on any atom is -0.488 e. The van der Waals surface area contributed by atoms with Gasteiger partial charge in [0.2, 0.25) is 0 Å². The van der Waals surface area contributed by atoms with Crippen LogP contribution in [-0.2, 0) is 21.4 Å². The summed E-state index contributed by atoms with van der Waals surface area (Å²) in [5.74, 6) is 0.187. The monoisotopic (exact) mass is 525 g/mol. The molecule has 1 aromatic carbocycles. The lowest BCUT2D eigenvalue weighted by atomic mass is 9.71. The Morgan fingerprint density at radius 1 is 1.18 bits per heavy atom. The van der Waals surface area contributed by atoms with E-state index in [2.05, 4.69) is 29.1 Å². The number of carboxylic acid groups (broad SMARTS) is 1. The SMILES string of the molecule is CN(CC(=O)O)c1c(O[C@H]2CC[C@@H](NC(=O)OC(C)(C)C)CC2)ccc2c1CC(C)(C)c1c(N)ncnc1-2. The number of aliphatic carboxylic acids is 1. The van der Waals surface area contributed by atoms with Gasteiger partial charge in [0.15, 0.2) is 0 Å². The fourth-order valence-electron chi connectivity index (χ4n) is 5.59. The molecule has 0 spiro atoms. The molecule has 0 bridgehead atoms. The molecule has 38 heavy (non-hydrogen) atoms. The van der Waals surface area contributed by atoms with Gasteiger partial charge in [-0.25, -0.2) is 14.8 Å². The van der Waals surface area contributed by atoms with E-state index in [1.807, 2.05) is 32.9 Å². The number of carbonyl (C=O) groups is 2. The van der Waals surface area contributed by atoms with Crippen molar-refractivity contribution in [2.24, 2.45) is 0 Å². The van der Waals surface area contributed by atoms with Crippen molar-refractivity contribution in [2.75, 3.05) is 24.2 Å². The van der Waals surface area contributed by atoms with E-state index in [4.69, 9.17) is 15.2 Å². The van der Waals surface area contributed by atoms with E-state index in [9.17, 15) is 14.7 Å². The van der Waals surface area contributed by atoms with Gasteiger partial charge in [-0.2, -0.15) is 0 Å². The van der Waals surface area contributed by atoms with Gasteiger partial charge in [0.05, 0.1) is 17.5 Å². The molecule has 10 nitrogen and oxygen atoms in total. The second-order valence-electron chi connectivity index (χ2n) is 12.0. The van der Waals surface area contributed by atoms with Crippen molar-refractivity contribution in [3.63, 3.8) is 0 Å². The summed E-state index contributed by atoms with van der Waals surface area (Å²) in [7, 11) is 1.77. The summed E-state index contributed by atoms with van der Waals surface area (Å²) in [5.41, 5.74) is 9.72. The van der Waals surface area contributed by atoms with Gasteiger partial charge < -0.3 is 30.5 Å². The van der Waals surface area contributed by atoms with Gasteiger partial charge in [-0.1, -0.05) is 13.8 Å². The molecule has 10 heteroatoms. The van der Waals surface area contributed by atoms with Crippen LogP contribution in [-0.4, -0.2) is 58.5 Å². The molecule has 4 rings (SSSR count). The highest BCUT2D eigenvalue weighted by atomic mass is 16.6. The number of likely N-dealkylation sites (N-methyl/N-ethyl adjacent to an activating group) is 1. The third kappa shape index (κ3) is 5.95. The third-order valence-electron chi connectivity index (χ3n) is 7.12. The van der Waals surface area contributed by atoms with Gasteiger partial charge in [-0.3, -0.25) is 4.79 Å². The zero-order valence-corrected chi connectivity index (χ0v) is 23.1. The molecule has 1 heterocycles. The van der Waals surface area contributed by atoms with Crippen molar-refractivity contribution in [3.8, 4) is 17.0 Å². The van der Waals surface area contributed by atoms with E-state index in [0.717, 1.165) is 53.8 Å². The summed E-state index contributed by atoms with van der Waals surface area (Å²) in [5, 5.41) is 12.5. The molecule has 1 amide bonds. The molecule has 0 unspecified atom stereocenters. The van der Waals surface area contributed by atoms with E-state index < -0.39 is 17.7 Å². The topological polar surface area (TPSA) is 140 Å². The van der Waals surface area contributed by atoms with Crippen LogP contribution in [0.25, 0.3) is 11.3 Å². The smallest absolute Gasteiger partial charge is 0.407 e. The fraction of sp³-hybridized carbons (Fsp3) is 0.571. The standard InChI is InChI=1S/C28H39N5O5/c1-27(2,3)38-26(36)32-16-7-9-17(10-8-16)37-20-12-11-18-19(24(20)33(6)14-21(34)35)13-28(4,5)22-23(18)30-15-31-25(22)29/h11-12,15-17H,7-10,13-14H2,1-6H3,(H,32,36)(H,34,35)(H2,29,30,31)/t16-,17+. The Balaban J connectivity index is 1.59. The molecule has 2 aliphatic carbocycles. The third-order valence-corrected chi connectivity index (χ3v) is 7.12. The first kappa shape index (κ1) is 27.5. The molecule has 0 aliphatic heterocycles. The highest BCUT2D eigenvalue weighted by Gasteiger charge is 2.37. The zero-order chi connectivity index (χ0) is 27.8. The minimum atomic E-state index is -0.924. The predicted molar refractivity (Wildman–Crippen MR) is 146 cm³/mol. The van der Waals surface area contributed by atoms with Gasteiger partial charge in [0, 0.05) is 24.2 Å². The number of nitrogens with two attached hydrogens (primary N) is 1. The summed E-state index contributed by atoms with van der Waals surface area (Å²) in [6, 6.07) is 3.92. The number of carbonyl (C=O) groups excluding carboxylic acids is 1. The van der Waals surface area contributed by atoms with E-state index in [1.165, 1.54) is 6.33 Å². The first-order valence-electron chi connectivity index (χ1n) is 13.1. The maximum absolute atomic E-state index is 12.2. The van der Waals surface area contributed by atoms with E-state index in [-0.39, 0.29) is 24.1 Å². The second kappa shape index (κ2) is 10.3. The average molecular weight is 526 g/mol. The van der Waals surface area contributed by atoms with Crippen LogP contribution >= 0.6 is 0 Å². The Hall–Kier alpha value is -3.56. The number of amides is 1. The highest BCUT2D eigenvalue weighted by Crippen LogP contribution is 2.49. The van der Waals surface area contributed by atoms with Gasteiger partial charge >= 0.3 is 12.1 Å². The Kier molecular flexibility index (Phi) is 7.45. The van der Waals surface area contributed by atoms with Crippen LogP contribution in [0.2, 0.25) is 0 Å². The quantitative estimate of drug-likeness (QED) is 0.504. The lowest BCUT2D eigenvalue weighted by Gasteiger charge is -2.37. The van der Waals surface area contributed by atoms with Crippen molar-refractivity contribution in [1.29, 1.82) is 0 Å². The molecule has 0 saturated heterocycles. The molecule has 2 aromatic rings. The van der Waals surface area contributed by atoms with Crippen LogP contribution in [0.1, 0.15) is 71.4 Å². The van der Waals surface area contributed by atoms with Crippen LogP contribution in [0.15, 0.2) is 18.5 Å². The van der Waals surface area contributed by atoms with Crippen molar-refractivity contribution in [1.82, 2.24) is 15.3 Å². The molecule has 2 aliphatic rings. The number of nitrogens with zero attached hydrogens (tertiary/aromatic N) is 3. The first-order valence-corrected chi connectivity index (χ1v) is 13.1. The van der Waals surface area contributed by atoms with Crippen LogP contribution < -0.4 is 20.7 Å².